The first-order valence-electron chi connectivity index (χ1n) is 7.06. The van der Waals surface area contributed by atoms with E-state index in [1.54, 1.807) is 0 Å². The fourth-order valence-electron chi connectivity index (χ4n) is 2.51. The van der Waals surface area contributed by atoms with E-state index in [2.05, 4.69) is 30.8 Å². The normalized spacial score (nSPS) is 23.6. The van der Waals surface area contributed by atoms with Gasteiger partial charge in [0.2, 0.25) is 0 Å². The lowest BCUT2D eigenvalue weighted by Gasteiger charge is -2.26. The first kappa shape index (κ1) is 14.7. The predicted molar refractivity (Wildman–Crippen MR) is 72.3 cm³/mol. The fraction of sp³-hybridized carbons (Fsp3) is 0.929. The molecule has 3 nitrogen and oxygen atoms in total. The Morgan fingerprint density at radius 3 is 2.65 bits per heavy atom. The van der Waals surface area contributed by atoms with Crippen LogP contribution in [0.1, 0.15) is 45.4 Å². The smallest absolute Gasteiger partial charge is 0.151 e. The van der Waals surface area contributed by atoms with Crippen molar-refractivity contribution in [3.8, 4) is 0 Å². The zero-order chi connectivity index (χ0) is 12.7. The van der Waals surface area contributed by atoms with Gasteiger partial charge in [0.15, 0.2) is 5.78 Å². The van der Waals surface area contributed by atoms with E-state index in [4.69, 9.17) is 0 Å². The van der Waals surface area contributed by atoms with Crippen LogP contribution in [0.2, 0.25) is 0 Å². The highest BCUT2D eigenvalue weighted by Gasteiger charge is 2.25. The third-order valence-corrected chi connectivity index (χ3v) is 3.72. The van der Waals surface area contributed by atoms with Gasteiger partial charge in [-0.3, -0.25) is 9.69 Å². The lowest BCUT2D eigenvalue weighted by atomic mass is 10.0. The quantitative estimate of drug-likeness (QED) is 0.665. The number of Topliss-reactive ketones (excluding diaryl/α,β-unsaturated/α-hetero) is 1. The van der Waals surface area contributed by atoms with Gasteiger partial charge in [-0.05, 0) is 40.0 Å². The van der Waals surface area contributed by atoms with Crippen molar-refractivity contribution in [2.24, 2.45) is 0 Å². The standard InChI is InChI=1S/C14H28N2O/c1-4-5-6-7-9-14(17)13-12-15(2)10-8-11-16(13)3/h13H,4-12H2,1-3H3. The van der Waals surface area contributed by atoms with Crippen molar-refractivity contribution in [1.82, 2.24) is 9.80 Å². The van der Waals surface area contributed by atoms with E-state index in [0.717, 1.165) is 32.5 Å². The minimum absolute atomic E-state index is 0.129. The number of nitrogens with zero attached hydrogens (tertiary/aromatic N) is 2. The molecule has 0 aromatic rings. The molecule has 0 N–H and O–H groups in total. The summed E-state index contributed by atoms with van der Waals surface area (Å²) in [7, 11) is 4.21. The molecule has 0 radical (unpaired) electrons. The number of carbonyl (C=O) groups is 1. The highest BCUT2D eigenvalue weighted by atomic mass is 16.1. The van der Waals surface area contributed by atoms with Crippen molar-refractivity contribution in [2.45, 2.75) is 51.5 Å². The van der Waals surface area contributed by atoms with Crippen LogP contribution in [0.5, 0.6) is 0 Å². The maximum atomic E-state index is 12.2. The molecule has 0 bridgehead atoms. The van der Waals surface area contributed by atoms with Crippen LogP contribution in [-0.4, -0.2) is 55.4 Å². The van der Waals surface area contributed by atoms with Gasteiger partial charge in [0.25, 0.3) is 0 Å². The molecule has 1 aliphatic rings. The van der Waals surface area contributed by atoms with Crippen LogP contribution in [0.3, 0.4) is 0 Å². The van der Waals surface area contributed by atoms with Crippen LogP contribution >= 0.6 is 0 Å². The summed E-state index contributed by atoms with van der Waals surface area (Å²) in [5.41, 5.74) is 0. The van der Waals surface area contributed by atoms with Gasteiger partial charge in [0.05, 0.1) is 6.04 Å². The number of hydrogen-bond donors (Lipinski definition) is 0. The summed E-state index contributed by atoms with van der Waals surface area (Å²) >= 11 is 0. The summed E-state index contributed by atoms with van der Waals surface area (Å²) in [5.74, 6) is 0.442. The molecule has 0 saturated carbocycles. The van der Waals surface area contributed by atoms with Crippen molar-refractivity contribution in [3.05, 3.63) is 0 Å². The Labute approximate surface area is 106 Å². The number of ketones is 1. The Bertz CT molecular complexity index is 230. The Morgan fingerprint density at radius 2 is 1.94 bits per heavy atom. The Hall–Kier alpha value is -0.410. The van der Waals surface area contributed by atoms with Crippen molar-refractivity contribution in [2.75, 3.05) is 33.7 Å². The summed E-state index contributed by atoms with van der Waals surface area (Å²) in [6, 6.07) is 0.129. The molecule has 1 atom stereocenters. The average Bonchev–Trinajstić information content (AvgIpc) is 2.46. The second-order valence-electron chi connectivity index (χ2n) is 5.39. The van der Waals surface area contributed by atoms with E-state index in [1.165, 1.54) is 25.7 Å². The highest BCUT2D eigenvalue weighted by Crippen LogP contribution is 2.12. The zero-order valence-electron chi connectivity index (χ0n) is 11.7. The van der Waals surface area contributed by atoms with Gasteiger partial charge in [-0.25, -0.2) is 0 Å². The zero-order valence-corrected chi connectivity index (χ0v) is 11.7. The molecular formula is C14H28N2O. The molecule has 1 heterocycles. The molecule has 0 aromatic heterocycles. The maximum absolute atomic E-state index is 12.2. The minimum Gasteiger partial charge on any atom is -0.304 e. The Kier molecular flexibility index (Phi) is 6.75. The summed E-state index contributed by atoms with van der Waals surface area (Å²) in [5, 5.41) is 0. The van der Waals surface area contributed by atoms with Crippen molar-refractivity contribution < 1.29 is 4.79 Å². The van der Waals surface area contributed by atoms with E-state index >= 15 is 0 Å². The molecular weight excluding hydrogens is 212 g/mol. The molecule has 0 spiro atoms. The van der Waals surface area contributed by atoms with Crippen LogP contribution in [0.4, 0.5) is 0 Å². The van der Waals surface area contributed by atoms with Gasteiger partial charge in [-0.2, -0.15) is 0 Å². The lowest BCUT2D eigenvalue weighted by Crippen LogP contribution is -2.43. The highest BCUT2D eigenvalue weighted by molar-refractivity contribution is 5.84. The Morgan fingerprint density at radius 1 is 1.18 bits per heavy atom. The van der Waals surface area contributed by atoms with Gasteiger partial charge in [-0.1, -0.05) is 26.2 Å². The van der Waals surface area contributed by atoms with E-state index < -0.39 is 0 Å². The summed E-state index contributed by atoms with van der Waals surface area (Å²) in [6.07, 6.45) is 6.71. The number of unbranched alkanes of at least 4 members (excludes halogenated alkanes) is 3. The van der Waals surface area contributed by atoms with Crippen molar-refractivity contribution >= 4 is 5.78 Å². The molecule has 1 aliphatic heterocycles. The van der Waals surface area contributed by atoms with Crippen LogP contribution in [-0.2, 0) is 4.79 Å². The molecule has 1 saturated heterocycles. The van der Waals surface area contributed by atoms with Crippen molar-refractivity contribution in [1.29, 1.82) is 0 Å². The Balaban J connectivity index is 2.36. The largest absolute Gasteiger partial charge is 0.304 e. The second-order valence-corrected chi connectivity index (χ2v) is 5.39. The van der Waals surface area contributed by atoms with E-state index in [0.29, 0.717) is 5.78 Å². The van der Waals surface area contributed by atoms with Crippen molar-refractivity contribution in [3.63, 3.8) is 0 Å². The van der Waals surface area contributed by atoms with Gasteiger partial charge in [0.1, 0.15) is 0 Å². The van der Waals surface area contributed by atoms with E-state index in [-0.39, 0.29) is 6.04 Å². The molecule has 100 valence electrons. The van der Waals surface area contributed by atoms with Gasteiger partial charge >= 0.3 is 0 Å². The first-order chi connectivity index (χ1) is 8.15. The predicted octanol–water partition coefficient (Wildman–Crippen LogP) is 2.16. The van der Waals surface area contributed by atoms with Gasteiger partial charge in [0, 0.05) is 13.0 Å². The first-order valence-corrected chi connectivity index (χ1v) is 7.06. The number of carbonyl (C=O) groups excluding carboxylic acids is 1. The molecule has 1 unspecified atom stereocenters. The monoisotopic (exact) mass is 240 g/mol. The second kappa shape index (κ2) is 7.83. The number of likely N-dealkylation sites (N-methyl/N-ethyl adjacent to an activating group) is 2. The van der Waals surface area contributed by atoms with Gasteiger partial charge in [-0.15, -0.1) is 0 Å². The van der Waals surface area contributed by atoms with E-state index in [9.17, 15) is 4.79 Å². The minimum atomic E-state index is 0.129. The maximum Gasteiger partial charge on any atom is 0.151 e. The SMILES string of the molecule is CCCCCCC(=O)C1CN(C)CCCN1C. The number of rotatable bonds is 6. The van der Waals surface area contributed by atoms with Gasteiger partial charge < -0.3 is 4.90 Å². The molecule has 17 heavy (non-hydrogen) atoms. The molecule has 0 aliphatic carbocycles. The topological polar surface area (TPSA) is 23.6 Å². The van der Waals surface area contributed by atoms with Crippen LogP contribution in [0.25, 0.3) is 0 Å². The number of hydrogen-bond acceptors (Lipinski definition) is 3. The summed E-state index contributed by atoms with van der Waals surface area (Å²) < 4.78 is 0. The lowest BCUT2D eigenvalue weighted by molar-refractivity contribution is -0.124. The fourth-order valence-corrected chi connectivity index (χ4v) is 2.51. The van der Waals surface area contributed by atoms with Crippen LogP contribution in [0.15, 0.2) is 0 Å². The summed E-state index contributed by atoms with van der Waals surface area (Å²) in [4.78, 5) is 16.7. The molecule has 3 heteroatoms. The average molecular weight is 240 g/mol. The molecule has 1 fully saturated rings. The molecule has 0 aromatic carbocycles. The van der Waals surface area contributed by atoms with E-state index in [1.807, 2.05) is 0 Å². The molecule has 1 rings (SSSR count). The molecule has 0 amide bonds. The van der Waals surface area contributed by atoms with Crippen LogP contribution in [0, 0.1) is 0 Å². The third-order valence-electron chi connectivity index (χ3n) is 3.72. The summed E-state index contributed by atoms with van der Waals surface area (Å²) in [6.45, 7) is 5.28. The van der Waals surface area contributed by atoms with Crippen LogP contribution < -0.4 is 0 Å². The third kappa shape index (κ3) is 5.17.